The molecule has 0 aliphatic carbocycles. The molecule has 2 N–H and O–H groups in total. The van der Waals surface area contributed by atoms with Gasteiger partial charge in [0.15, 0.2) is 5.75 Å². The molecule has 0 aromatic heterocycles. The molecule has 29 heavy (non-hydrogen) atoms. The van der Waals surface area contributed by atoms with Gasteiger partial charge in [-0.3, -0.25) is 10.1 Å². The summed E-state index contributed by atoms with van der Waals surface area (Å²) in [6.45, 7) is 0. The first-order valence-electron chi connectivity index (χ1n) is 8.13. The second-order valence-electron chi connectivity index (χ2n) is 5.71. The maximum Gasteiger partial charge on any atom is 0.326 e. The quantitative estimate of drug-likeness (QED) is 0.429. The highest BCUT2D eigenvalue weighted by molar-refractivity contribution is 6.38. The Morgan fingerprint density at radius 1 is 0.793 bits per heavy atom. The van der Waals surface area contributed by atoms with Crippen LogP contribution in [0, 0.1) is 0 Å². The van der Waals surface area contributed by atoms with Crippen LogP contribution in [0.2, 0.25) is 20.1 Å². The topological polar surface area (TPSA) is 67.4 Å². The average Bonchev–Trinajstić information content (AvgIpc) is 2.66. The fourth-order valence-electron chi connectivity index (χ4n) is 2.33. The van der Waals surface area contributed by atoms with Crippen molar-refractivity contribution in [3.05, 3.63) is 86.3 Å². The fourth-order valence-corrected chi connectivity index (χ4v) is 3.24. The lowest BCUT2D eigenvalue weighted by molar-refractivity contribution is 0.0967. The maximum absolute atomic E-state index is 12.1. The van der Waals surface area contributed by atoms with Crippen molar-refractivity contribution in [2.24, 2.45) is 0 Å². The standard InChI is InChI=1S/C20H12Cl4N2O3/c21-11-5-7-13(8-6-11)29-18-16(23)9-12(10-17(18)24)25-20(28)26-19(27)14-3-1-2-4-15(14)22/h1-10H,(H2,25,26,27,28). The Labute approximate surface area is 186 Å². The summed E-state index contributed by atoms with van der Waals surface area (Å²) >= 11 is 24.3. The maximum atomic E-state index is 12.1. The predicted molar refractivity (Wildman–Crippen MR) is 116 cm³/mol. The van der Waals surface area contributed by atoms with E-state index in [-0.39, 0.29) is 32.1 Å². The third-order valence-corrected chi connectivity index (χ3v) is 4.78. The number of carbonyl (C=O) groups excluding carboxylic acids is 2. The van der Waals surface area contributed by atoms with Crippen molar-refractivity contribution >= 4 is 64.0 Å². The molecule has 0 atom stereocenters. The van der Waals surface area contributed by atoms with Gasteiger partial charge in [0.1, 0.15) is 5.75 Å². The van der Waals surface area contributed by atoms with E-state index in [9.17, 15) is 9.59 Å². The highest BCUT2D eigenvalue weighted by Crippen LogP contribution is 2.39. The molecule has 3 rings (SSSR count). The minimum Gasteiger partial charge on any atom is -0.454 e. The van der Waals surface area contributed by atoms with Gasteiger partial charge in [-0.2, -0.15) is 0 Å². The van der Waals surface area contributed by atoms with Crippen LogP contribution >= 0.6 is 46.4 Å². The molecule has 0 aliphatic heterocycles. The van der Waals surface area contributed by atoms with Crippen molar-refractivity contribution < 1.29 is 14.3 Å². The molecule has 148 valence electrons. The van der Waals surface area contributed by atoms with Crippen LogP contribution in [-0.2, 0) is 0 Å². The molecule has 0 radical (unpaired) electrons. The van der Waals surface area contributed by atoms with Crippen LogP contribution < -0.4 is 15.4 Å². The number of ether oxygens (including phenoxy) is 1. The number of urea groups is 1. The lowest BCUT2D eigenvalue weighted by Crippen LogP contribution is -2.34. The highest BCUT2D eigenvalue weighted by Gasteiger charge is 2.16. The first-order valence-corrected chi connectivity index (χ1v) is 9.64. The number of amides is 3. The monoisotopic (exact) mass is 468 g/mol. The van der Waals surface area contributed by atoms with Gasteiger partial charge in [0, 0.05) is 10.7 Å². The number of hydrogen-bond donors (Lipinski definition) is 2. The second kappa shape index (κ2) is 9.37. The number of nitrogens with one attached hydrogen (secondary N) is 2. The molecule has 3 amide bonds. The minimum atomic E-state index is -0.770. The second-order valence-corrected chi connectivity index (χ2v) is 7.37. The summed E-state index contributed by atoms with van der Waals surface area (Å²) in [5.74, 6) is 0.0590. The molecule has 0 aliphatic rings. The van der Waals surface area contributed by atoms with Gasteiger partial charge in [-0.15, -0.1) is 0 Å². The molecule has 0 saturated carbocycles. The smallest absolute Gasteiger partial charge is 0.326 e. The van der Waals surface area contributed by atoms with Gasteiger partial charge in [-0.05, 0) is 48.5 Å². The number of hydrogen-bond acceptors (Lipinski definition) is 3. The molecule has 0 spiro atoms. The van der Waals surface area contributed by atoms with E-state index in [2.05, 4.69) is 10.6 Å². The van der Waals surface area contributed by atoms with Crippen molar-refractivity contribution in [1.82, 2.24) is 5.32 Å². The van der Waals surface area contributed by atoms with Gasteiger partial charge >= 0.3 is 6.03 Å². The molecule has 5 nitrogen and oxygen atoms in total. The predicted octanol–water partition coefficient (Wildman–Crippen LogP) is 7.05. The summed E-state index contributed by atoms with van der Waals surface area (Å²) in [6.07, 6.45) is 0. The molecular formula is C20H12Cl4N2O3. The van der Waals surface area contributed by atoms with Crippen LogP contribution in [0.15, 0.2) is 60.7 Å². The summed E-state index contributed by atoms with van der Waals surface area (Å²) in [7, 11) is 0. The van der Waals surface area contributed by atoms with Crippen LogP contribution in [0.25, 0.3) is 0 Å². The molecule has 0 bridgehead atoms. The van der Waals surface area contributed by atoms with Crippen molar-refractivity contribution in [3.63, 3.8) is 0 Å². The van der Waals surface area contributed by atoms with Gasteiger partial charge in [0.2, 0.25) is 0 Å². The van der Waals surface area contributed by atoms with Crippen LogP contribution in [-0.4, -0.2) is 11.9 Å². The highest BCUT2D eigenvalue weighted by atomic mass is 35.5. The van der Waals surface area contributed by atoms with E-state index in [1.807, 2.05) is 0 Å². The zero-order valence-electron chi connectivity index (χ0n) is 14.5. The van der Waals surface area contributed by atoms with Crippen molar-refractivity contribution in [2.45, 2.75) is 0 Å². The molecular weight excluding hydrogens is 458 g/mol. The SMILES string of the molecule is O=C(NC(=O)c1ccccc1Cl)Nc1cc(Cl)c(Oc2ccc(Cl)cc2)c(Cl)c1. The Morgan fingerprint density at radius 3 is 2.03 bits per heavy atom. The summed E-state index contributed by atoms with van der Waals surface area (Å²) in [6, 6.07) is 15.1. The molecule has 0 unspecified atom stereocenters. The normalized spacial score (nSPS) is 10.3. The zero-order chi connectivity index (χ0) is 21.0. The van der Waals surface area contributed by atoms with E-state index in [1.165, 1.54) is 18.2 Å². The number of rotatable bonds is 4. The Bertz CT molecular complexity index is 1050. The van der Waals surface area contributed by atoms with Gasteiger partial charge in [-0.25, -0.2) is 4.79 Å². The third kappa shape index (κ3) is 5.55. The summed E-state index contributed by atoms with van der Waals surface area (Å²) in [5, 5.41) is 5.79. The number of halogens is 4. The van der Waals surface area contributed by atoms with Crippen LogP contribution in [0.5, 0.6) is 11.5 Å². The minimum absolute atomic E-state index is 0.167. The van der Waals surface area contributed by atoms with E-state index in [4.69, 9.17) is 51.1 Å². The zero-order valence-corrected chi connectivity index (χ0v) is 17.5. The van der Waals surface area contributed by atoms with Crippen LogP contribution in [0.1, 0.15) is 10.4 Å². The van der Waals surface area contributed by atoms with Crippen molar-refractivity contribution in [2.75, 3.05) is 5.32 Å². The Hall–Kier alpha value is -2.44. The number of anilines is 1. The Morgan fingerprint density at radius 2 is 1.41 bits per heavy atom. The average molecular weight is 470 g/mol. The van der Waals surface area contributed by atoms with E-state index < -0.39 is 11.9 Å². The molecule has 0 heterocycles. The third-order valence-electron chi connectivity index (χ3n) is 3.64. The summed E-state index contributed by atoms with van der Waals surface area (Å²) in [5.41, 5.74) is 0.444. The van der Waals surface area contributed by atoms with Crippen LogP contribution in [0.4, 0.5) is 10.5 Å². The van der Waals surface area contributed by atoms with Gasteiger partial charge in [0.25, 0.3) is 5.91 Å². The van der Waals surface area contributed by atoms with Gasteiger partial charge in [-0.1, -0.05) is 58.5 Å². The molecule has 3 aromatic carbocycles. The fraction of sp³-hybridized carbons (Fsp3) is 0. The van der Waals surface area contributed by atoms with Crippen molar-refractivity contribution in [3.8, 4) is 11.5 Å². The van der Waals surface area contributed by atoms with Gasteiger partial charge < -0.3 is 10.1 Å². The summed E-state index contributed by atoms with van der Waals surface area (Å²) < 4.78 is 5.67. The lowest BCUT2D eigenvalue weighted by Gasteiger charge is -2.13. The van der Waals surface area contributed by atoms with Crippen LogP contribution in [0.3, 0.4) is 0 Å². The lowest BCUT2D eigenvalue weighted by atomic mass is 10.2. The van der Waals surface area contributed by atoms with E-state index in [0.29, 0.717) is 10.8 Å². The van der Waals surface area contributed by atoms with E-state index >= 15 is 0 Å². The summed E-state index contributed by atoms with van der Waals surface area (Å²) in [4.78, 5) is 24.3. The first kappa shape index (κ1) is 21.3. The molecule has 3 aromatic rings. The molecule has 0 fully saturated rings. The number of imide groups is 1. The van der Waals surface area contributed by atoms with E-state index in [0.717, 1.165) is 0 Å². The van der Waals surface area contributed by atoms with Gasteiger partial charge in [0.05, 0.1) is 20.6 Å². The molecule has 0 saturated heterocycles. The Balaban J connectivity index is 1.70. The number of benzene rings is 3. The van der Waals surface area contributed by atoms with E-state index in [1.54, 1.807) is 42.5 Å². The number of carbonyl (C=O) groups is 2. The van der Waals surface area contributed by atoms with Crippen molar-refractivity contribution in [1.29, 1.82) is 0 Å². The molecule has 9 heteroatoms. The Kier molecular flexibility index (Phi) is 6.87. The first-order chi connectivity index (χ1) is 13.8. The largest absolute Gasteiger partial charge is 0.454 e.